The highest BCUT2D eigenvalue weighted by Gasteiger charge is 2.20. The number of amides is 2. The summed E-state index contributed by atoms with van der Waals surface area (Å²) in [4.78, 5) is 26.4. The summed E-state index contributed by atoms with van der Waals surface area (Å²) < 4.78 is 38.2. The van der Waals surface area contributed by atoms with Crippen molar-refractivity contribution in [3.05, 3.63) is 156 Å². The molecule has 248 valence electrons. The van der Waals surface area contributed by atoms with E-state index in [1.54, 1.807) is 24.3 Å². The Kier molecular flexibility index (Phi) is 7.54. The van der Waals surface area contributed by atoms with Crippen molar-refractivity contribution in [2.24, 2.45) is 0 Å². The van der Waals surface area contributed by atoms with Gasteiger partial charge in [0.1, 0.15) is 22.3 Å². The number of carbonyl (C=O) groups is 2. The lowest BCUT2D eigenvalue weighted by Crippen LogP contribution is -2.21. The van der Waals surface area contributed by atoms with Crippen molar-refractivity contribution in [1.82, 2.24) is 0 Å². The minimum atomic E-state index is -3.95. The Morgan fingerprint density at radius 2 is 0.882 bits per heavy atom. The normalized spacial score (nSPS) is 11.6. The van der Waals surface area contributed by atoms with E-state index in [4.69, 9.17) is 19.7 Å². The van der Waals surface area contributed by atoms with Gasteiger partial charge in [0.25, 0.3) is 11.8 Å². The predicted molar refractivity (Wildman–Crippen MR) is 193 cm³/mol. The monoisotopic (exact) mass is 690 g/mol. The minimum Gasteiger partial charge on any atom is -0.438 e. The molecule has 0 saturated heterocycles. The maximum absolute atomic E-state index is 13.4. The van der Waals surface area contributed by atoms with E-state index in [-0.39, 0.29) is 32.0 Å². The molecule has 8 aromatic rings. The number of rotatable bonds is 6. The third-order valence-electron chi connectivity index (χ3n) is 8.69. The highest BCUT2D eigenvalue weighted by molar-refractivity contribution is 7.91. The molecule has 0 bridgehead atoms. The van der Waals surface area contributed by atoms with Gasteiger partial charge in [0.05, 0.1) is 9.79 Å². The summed E-state index contributed by atoms with van der Waals surface area (Å²) in [5.41, 5.74) is 1.10. The van der Waals surface area contributed by atoms with Gasteiger partial charge in [-0.1, -0.05) is 60.7 Å². The van der Waals surface area contributed by atoms with Crippen molar-refractivity contribution in [2.75, 3.05) is 10.6 Å². The molecule has 6 aromatic carbocycles. The zero-order valence-electron chi connectivity index (χ0n) is 26.6. The van der Waals surface area contributed by atoms with E-state index in [0.29, 0.717) is 33.3 Å². The Balaban J connectivity index is 0.985. The number of anilines is 2. The molecule has 51 heavy (non-hydrogen) atoms. The van der Waals surface area contributed by atoms with E-state index in [2.05, 4.69) is 10.6 Å². The van der Waals surface area contributed by atoms with Gasteiger partial charge in [-0.2, -0.15) is 0 Å². The smallest absolute Gasteiger partial charge is 0.261 e. The Morgan fingerprint density at radius 1 is 0.490 bits per heavy atom. The fourth-order valence-corrected chi connectivity index (χ4v) is 7.34. The average molecular weight is 691 g/mol. The van der Waals surface area contributed by atoms with Crippen LogP contribution < -0.4 is 21.7 Å². The molecule has 0 unspecified atom stereocenters. The first-order valence-corrected chi connectivity index (χ1v) is 17.2. The molecule has 0 atom stereocenters. The fourth-order valence-electron chi connectivity index (χ4n) is 6.08. The molecular formula is C40H26N4O6S. The summed E-state index contributed by atoms with van der Waals surface area (Å²) in [5, 5.41) is 27.1. The van der Waals surface area contributed by atoms with E-state index in [9.17, 15) is 18.0 Å². The molecule has 0 aliphatic carbocycles. The van der Waals surface area contributed by atoms with E-state index >= 15 is 0 Å². The zero-order chi connectivity index (χ0) is 35.3. The van der Waals surface area contributed by atoms with Gasteiger partial charge in [-0.05, 0) is 94.3 Å². The third-order valence-corrected chi connectivity index (χ3v) is 10.5. The first-order valence-electron chi connectivity index (χ1n) is 15.7. The van der Waals surface area contributed by atoms with Crippen LogP contribution in [0.2, 0.25) is 0 Å². The summed E-state index contributed by atoms with van der Waals surface area (Å²) in [6, 6.07) is 37.3. The summed E-state index contributed by atoms with van der Waals surface area (Å²) in [6.45, 7) is 0. The molecule has 0 saturated carbocycles. The molecule has 11 heteroatoms. The van der Waals surface area contributed by atoms with Crippen LogP contribution in [0.4, 0.5) is 11.4 Å². The number of carbonyl (C=O) groups excluding carboxylic acids is 2. The molecule has 0 aliphatic rings. The lowest BCUT2D eigenvalue weighted by Gasteiger charge is -2.10. The van der Waals surface area contributed by atoms with Gasteiger partial charge in [-0.15, -0.1) is 0 Å². The van der Waals surface area contributed by atoms with Crippen LogP contribution in [0.3, 0.4) is 0 Å². The van der Waals surface area contributed by atoms with Gasteiger partial charge in [-0.3, -0.25) is 20.4 Å². The standard InChI is InChI=1S/C40H26N4O6S/c41-37-33(21-31-29-7-3-1-5-23(29)9-19-35(31)49-37)39(45)43-25-11-15-27(16-12-25)51(47,48)28-17-13-26(14-18-28)44-40(46)34-22-32-30-8-4-2-6-24(30)10-20-36(32)50-38(34)42/h1-22,41-42H,(H,43,45)(H,44,46). The Labute approximate surface area is 289 Å². The molecule has 8 rings (SSSR count). The SMILES string of the molecule is N=c1oc2ccc3ccccc3c2cc1C(=O)Nc1ccc(S(=O)(=O)c2ccc(NC(=O)c3cc4c(ccc5ccccc54)oc3=N)cc2)cc1. The number of hydrogen-bond acceptors (Lipinski definition) is 8. The highest BCUT2D eigenvalue weighted by atomic mass is 32.2. The average Bonchev–Trinajstić information content (AvgIpc) is 3.14. The zero-order valence-corrected chi connectivity index (χ0v) is 27.4. The number of nitrogens with one attached hydrogen (secondary N) is 4. The van der Waals surface area contributed by atoms with E-state index < -0.39 is 21.7 Å². The number of fused-ring (bicyclic) bond motifs is 6. The first kappa shape index (κ1) is 31.4. The lowest BCUT2D eigenvalue weighted by molar-refractivity contribution is 0.101. The topological polar surface area (TPSA) is 166 Å². The predicted octanol–water partition coefficient (Wildman–Crippen LogP) is 7.78. The van der Waals surface area contributed by atoms with Crippen molar-refractivity contribution in [2.45, 2.75) is 9.79 Å². The second-order valence-electron chi connectivity index (χ2n) is 11.8. The first-order chi connectivity index (χ1) is 24.7. The van der Waals surface area contributed by atoms with Crippen molar-refractivity contribution < 1.29 is 26.8 Å². The summed E-state index contributed by atoms with van der Waals surface area (Å²) in [6.07, 6.45) is 0. The Morgan fingerprint density at radius 3 is 1.29 bits per heavy atom. The van der Waals surface area contributed by atoms with Crippen LogP contribution in [0, 0.1) is 10.8 Å². The van der Waals surface area contributed by atoms with Crippen LogP contribution in [0.5, 0.6) is 0 Å². The van der Waals surface area contributed by atoms with Crippen molar-refractivity contribution in [3.63, 3.8) is 0 Å². The summed E-state index contributed by atoms with van der Waals surface area (Å²) in [7, 11) is -3.95. The molecule has 10 nitrogen and oxygen atoms in total. The molecule has 2 aromatic heterocycles. The number of benzene rings is 6. The van der Waals surface area contributed by atoms with Gasteiger partial charge in [-0.25, -0.2) is 8.42 Å². The van der Waals surface area contributed by atoms with Crippen LogP contribution in [0.15, 0.2) is 152 Å². The molecule has 4 N–H and O–H groups in total. The third kappa shape index (κ3) is 5.71. The van der Waals surface area contributed by atoms with Gasteiger partial charge in [0.15, 0.2) is 0 Å². The fraction of sp³-hybridized carbons (Fsp3) is 0. The van der Waals surface area contributed by atoms with Crippen LogP contribution in [-0.2, 0) is 9.84 Å². The maximum atomic E-state index is 13.4. The molecule has 0 spiro atoms. The van der Waals surface area contributed by atoms with E-state index in [0.717, 1.165) is 21.5 Å². The highest BCUT2D eigenvalue weighted by Crippen LogP contribution is 2.28. The summed E-state index contributed by atoms with van der Waals surface area (Å²) in [5.74, 6) is -1.15. The van der Waals surface area contributed by atoms with Crippen molar-refractivity contribution in [3.8, 4) is 0 Å². The molecule has 0 radical (unpaired) electrons. The van der Waals surface area contributed by atoms with Crippen LogP contribution in [0.1, 0.15) is 20.7 Å². The van der Waals surface area contributed by atoms with E-state index in [1.165, 1.54) is 48.5 Å². The number of sulfone groups is 1. The molecule has 0 aliphatic heterocycles. The second-order valence-corrected chi connectivity index (χ2v) is 13.8. The second kappa shape index (κ2) is 12.2. The molecule has 0 fully saturated rings. The minimum absolute atomic E-state index is 0.00510. The van der Waals surface area contributed by atoms with Crippen LogP contribution in [-0.4, -0.2) is 20.2 Å². The largest absolute Gasteiger partial charge is 0.438 e. The number of hydrogen-bond donors (Lipinski definition) is 4. The maximum Gasteiger partial charge on any atom is 0.261 e. The quantitative estimate of drug-likeness (QED) is 0.130. The molecule has 2 heterocycles. The van der Waals surface area contributed by atoms with Gasteiger partial charge in [0.2, 0.25) is 20.9 Å². The van der Waals surface area contributed by atoms with Gasteiger partial charge in [0, 0.05) is 22.1 Å². The van der Waals surface area contributed by atoms with Gasteiger partial charge >= 0.3 is 0 Å². The molecule has 2 amide bonds. The van der Waals surface area contributed by atoms with Crippen molar-refractivity contribution in [1.29, 1.82) is 10.8 Å². The van der Waals surface area contributed by atoms with Crippen LogP contribution in [0.25, 0.3) is 43.5 Å². The lowest BCUT2D eigenvalue weighted by atomic mass is 10.0. The Hall–Kier alpha value is -6.85. The van der Waals surface area contributed by atoms with Crippen LogP contribution >= 0.6 is 0 Å². The molecular weight excluding hydrogens is 665 g/mol. The van der Waals surface area contributed by atoms with E-state index in [1.807, 2.05) is 60.7 Å². The van der Waals surface area contributed by atoms with Gasteiger partial charge < -0.3 is 19.5 Å². The van der Waals surface area contributed by atoms with Crippen molar-refractivity contribution >= 4 is 76.5 Å². The summed E-state index contributed by atoms with van der Waals surface area (Å²) >= 11 is 0. The Bertz CT molecular complexity index is 2760.